The zero-order chi connectivity index (χ0) is 19.1. The third-order valence-electron chi connectivity index (χ3n) is 4.89. The Hall–Kier alpha value is -3.34. The lowest BCUT2D eigenvalue weighted by atomic mass is 9.96. The standard InChI is InChI=1S/C22H18FNO3/c1-12-9-18(25)20-19-15(22(26)27-2)7-4-8-17(19)24-21(20)16(12)11-13-5-3-6-14(23)10-13/h3-10,24-25H,11H2,1-2H3. The maximum atomic E-state index is 13.6. The number of rotatable bonds is 3. The number of hydrogen-bond donors (Lipinski definition) is 2. The van der Waals surface area contributed by atoms with Gasteiger partial charge in [-0.25, -0.2) is 9.18 Å². The van der Waals surface area contributed by atoms with Crippen LogP contribution in [0.2, 0.25) is 0 Å². The predicted molar refractivity (Wildman–Crippen MR) is 103 cm³/mol. The summed E-state index contributed by atoms with van der Waals surface area (Å²) in [7, 11) is 1.33. The van der Waals surface area contributed by atoms with E-state index in [-0.39, 0.29) is 11.6 Å². The van der Waals surface area contributed by atoms with Crippen LogP contribution >= 0.6 is 0 Å². The van der Waals surface area contributed by atoms with Crippen LogP contribution in [-0.4, -0.2) is 23.2 Å². The van der Waals surface area contributed by atoms with E-state index in [1.54, 1.807) is 24.3 Å². The maximum absolute atomic E-state index is 13.6. The summed E-state index contributed by atoms with van der Waals surface area (Å²) in [6, 6.07) is 13.4. The SMILES string of the molecule is COC(=O)c1cccc2[nH]c3c(Cc4cccc(F)c4)c(C)cc(O)c3c12. The van der Waals surface area contributed by atoms with Gasteiger partial charge in [-0.2, -0.15) is 0 Å². The van der Waals surface area contributed by atoms with Crippen molar-refractivity contribution in [2.75, 3.05) is 7.11 Å². The molecule has 0 unspecified atom stereocenters. The zero-order valence-electron chi connectivity index (χ0n) is 15.0. The molecule has 1 heterocycles. The molecule has 2 N–H and O–H groups in total. The molecule has 0 fully saturated rings. The smallest absolute Gasteiger partial charge is 0.338 e. The molecule has 0 saturated heterocycles. The number of carbonyl (C=O) groups excluding carboxylic acids is 1. The van der Waals surface area contributed by atoms with Gasteiger partial charge >= 0.3 is 5.97 Å². The molecule has 0 atom stereocenters. The van der Waals surface area contributed by atoms with E-state index < -0.39 is 5.97 Å². The highest BCUT2D eigenvalue weighted by Gasteiger charge is 2.20. The molecular formula is C22H18FNO3. The molecule has 5 heteroatoms. The van der Waals surface area contributed by atoms with E-state index in [0.29, 0.717) is 22.8 Å². The number of aromatic hydroxyl groups is 1. The lowest BCUT2D eigenvalue weighted by molar-refractivity contribution is 0.0603. The van der Waals surface area contributed by atoms with Gasteiger partial charge in [0.25, 0.3) is 0 Å². The van der Waals surface area contributed by atoms with Gasteiger partial charge in [0, 0.05) is 10.9 Å². The number of fused-ring (bicyclic) bond motifs is 3. The average molecular weight is 363 g/mol. The van der Waals surface area contributed by atoms with Crippen molar-refractivity contribution in [2.45, 2.75) is 13.3 Å². The number of aryl methyl sites for hydroxylation is 1. The quantitative estimate of drug-likeness (QED) is 0.512. The van der Waals surface area contributed by atoms with E-state index >= 15 is 0 Å². The number of aromatic amines is 1. The van der Waals surface area contributed by atoms with Crippen molar-refractivity contribution >= 4 is 27.8 Å². The normalized spacial score (nSPS) is 11.2. The van der Waals surface area contributed by atoms with E-state index in [4.69, 9.17) is 4.74 Å². The van der Waals surface area contributed by atoms with E-state index in [0.717, 1.165) is 27.7 Å². The predicted octanol–water partition coefficient (Wildman–Crippen LogP) is 4.85. The van der Waals surface area contributed by atoms with Crippen LogP contribution < -0.4 is 0 Å². The molecule has 0 aliphatic heterocycles. The first-order valence-electron chi connectivity index (χ1n) is 8.58. The summed E-state index contributed by atoms with van der Waals surface area (Å²) < 4.78 is 18.5. The van der Waals surface area contributed by atoms with Crippen LogP contribution in [0.15, 0.2) is 48.5 Å². The topological polar surface area (TPSA) is 62.3 Å². The van der Waals surface area contributed by atoms with Crippen LogP contribution in [-0.2, 0) is 11.2 Å². The van der Waals surface area contributed by atoms with Crippen LogP contribution in [0.3, 0.4) is 0 Å². The second-order valence-corrected chi connectivity index (χ2v) is 6.59. The minimum absolute atomic E-state index is 0.0908. The molecule has 4 nitrogen and oxygen atoms in total. The number of methoxy groups -OCH3 is 1. The highest BCUT2D eigenvalue weighted by molar-refractivity contribution is 6.19. The molecular weight excluding hydrogens is 345 g/mol. The Labute approximate surface area is 155 Å². The van der Waals surface area contributed by atoms with E-state index in [9.17, 15) is 14.3 Å². The van der Waals surface area contributed by atoms with Gasteiger partial charge in [0.05, 0.1) is 23.6 Å². The number of H-pyrrole nitrogens is 1. The lowest BCUT2D eigenvalue weighted by Gasteiger charge is -2.10. The van der Waals surface area contributed by atoms with Gasteiger partial charge in [-0.3, -0.25) is 0 Å². The van der Waals surface area contributed by atoms with Crippen molar-refractivity contribution in [3.8, 4) is 5.75 Å². The van der Waals surface area contributed by atoms with E-state index in [1.807, 2.05) is 19.1 Å². The Balaban J connectivity index is 2.02. The number of esters is 1. The summed E-state index contributed by atoms with van der Waals surface area (Å²) in [6.07, 6.45) is 0.501. The first-order chi connectivity index (χ1) is 13.0. The third-order valence-corrected chi connectivity index (χ3v) is 4.89. The van der Waals surface area contributed by atoms with Crippen LogP contribution in [0.1, 0.15) is 27.0 Å². The first-order valence-corrected chi connectivity index (χ1v) is 8.58. The van der Waals surface area contributed by atoms with Gasteiger partial charge < -0.3 is 14.8 Å². The van der Waals surface area contributed by atoms with Crippen molar-refractivity contribution in [3.05, 3.63) is 76.6 Å². The minimum Gasteiger partial charge on any atom is -0.507 e. The van der Waals surface area contributed by atoms with E-state index in [1.165, 1.54) is 19.2 Å². The number of hydrogen-bond acceptors (Lipinski definition) is 3. The molecule has 136 valence electrons. The highest BCUT2D eigenvalue weighted by atomic mass is 19.1. The number of carbonyl (C=O) groups is 1. The summed E-state index contributed by atoms with van der Waals surface area (Å²) in [5.41, 5.74) is 4.52. The summed E-state index contributed by atoms with van der Waals surface area (Å²) >= 11 is 0. The van der Waals surface area contributed by atoms with Gasteiger partial charge in [-0.05, 0) is 60.4 Å². The molecule has 3 aromatic carbocycles. The van der Waals surface area contributed by atoms with Gasteiger partial charge in [0.15, 0.2) is 0 Å². The summed E-state index contributed by atoms with van der Waals surface area (Å²) in [4.78, 5) is 15.5. The highest BCUT2D eigenvalue weighted by Crippen LogP contribution is 2.38. The number of aromatic nitrogens is 1. The molecule has 0 saturated carbocycles. The molecule has 4 aromatic rings. The monoisotopic (exact) mass is 363 g/mol. The minimum atomic E-state index is -0.465. The van der Waals surface area contributed by atoms with Crippen molar-refractivity contribution in [2.24, 2.45) is 0 Å². The van der Waals surface area contributed by atoms with Crippen LogP contribution in [0, 0.1) is 12.7 Å². The van der Waals surface area contributed by atoms with Gasteiger partial charge in [-0.15, -0.1) is 0 Å². The number of halogens is 1. The fourth-order valence-electron chi connectivity index (χ4n) is 3.65. The number of ether oxygens (including phenoxy) is 1. The summed E-state index contributed by atoms with van der Waals surface area (Å²) in [5, 5.41) is 11.8. The third kappa shape index (κ3) is 2.81. The van der Waals surface area contributed by atoms with Gasteiger partial charge in [-0.1, -0.05) is 18.2 Å². The number of phenols is 1. The Morgan fingerprint density at radius 3 is 2.67 bits per heavy atom. The summed E-state index contributed by atoms with van der Waals surface area (Å²) in [5.74, 6) is -0.661. The molecule has 0 radical (unpaired) electrons. The van der Waals surface area contributed by atoms with Crippen LogP contribution in [0.5, 0.6) is 5.75 Å². The maximum Gasteiger partial charge on any atom is 0.338 e. The van der Waals surface area contributed by atoms with E-state index in [2.05, 4.69) is 4.98 Å². The second kappa shape index (κ2) is 6.43. The lowest BCUT2D eigenvalue weighted by Crippen LogP contribution is -2.01. The molecule has 1 aromatic heterocycles. The van der Waals surface area contributed by atoms with Crippen molar-refractivity contribution in [1.29, 1.82) is 0 Å². The second-order valence-electron chi connectivity index (χ2n) is 6.59. The Kier molecular flexibility index (Phi) is 4.07. The Bertz CT molecular complexity index is 1190. The van der Waals surface area contributed by atoms with Crippen molar-refractivity contribution in [1.82, 2.24) is 4.98 Å². The fraction of sp³-hybridized carbons (Fsp3) is 0.136. The van der Waals surface area contributed by atoms with Gasteiger partial charge in [0.1, 0.15) is 11.6 Å². The first kappa shape index (κ1) is 17.1. The Morgan fingerprint density at radius 2 is 1.93 bits per heavy atom. The summed E-state index contributed by atoms with van der Waals surface area (Å²) in [6.45, 7) is 1.90. The van der Waals surface area contributed by atoms with Gasteiger partial charge in [0.2, 0.25) is 0 Å². The number of nitrogens with one attached hydrogen (secondary N) is 1. The number of benzene rings is 3. The van der Waals surface area contributed by atoms with Crippen molar-refractivity contribution < 1.29 is 19.0 Å². The molecule has 0 amide bonds. The molecule has 0 spiro atoms. The van der Waals surface area contributed by atoms with Crippen LogP contribution in [0.25, 0.3) is 21.8 Å². The fourth-order valence-corrected chi connectivity index (χ4v) is 3.65. The average Bonchev–Trinajstić information content (AvgIpc) is 3.04. The largest absolute Gasteiger partial charge is 0.507 e. The zero-order valence-corrected chi connectivity index (χ0v) is 15.0. The number of phenolic OH excluding ortho intramolecular Hbond substituents is 1. The Morgan fingerprint density at radius 1 is 1.15 bits per heavy atom. The molecule has 0 aliphatic carbocycles. The molecule has 4 rings (SSSR count). The molecule has 27 heavy (non-hydrogen) atoms. The van der Waals surface area contributed by atoms with Crippen LogP contribution in [0.4, 0.5) is 4.39 Å². The van der Waals surface area contributed by atoms with Crippen molar-refractivity contribution in [3.63, 3.8) is 0 Å². The molecule has 0 aliphatic rings. The molecule has 0 bridgehead atoms.